The van der Waals surface area contributed by atoms with Crippen molar-refractivity contribution in [1.29, 1.82) is 0 Å². The van der Waals surface area contributed by atoms with Gasteiger partial charge in [-0.25, -0.2) is 4.68 Å². The van der Waals surface area contributed by atoms with Gasteiger partial charge in [0.15, 0.2) is 0 Å². The molecule has 16 heavy (non-hydrogen) atoms. The molecule has 1 N–H and O–H groups in total. The van der Waals surface area contributed by atoms with Crippen LogP contribution >= 0.6 is 0 Å². The third-order valence-corrected chi connectivity index (χ3v) is 3.00. The first-order valence-electron chi connectivity index (χ1n) is 5.57. The van der Waals surface area contributed by atoms with Crippen LogP contribution in [-0.4, -0.2) is 28.9 Å². The van der Waals surface area contributed by atoms with Crippen LogP contribution in [0.5, 0.6) is 0 Å². The minimum Gasteiger partial charge on any atom is -0.469 e. The summed E-state index contributed by atoms with van der Waals surface area (Å²) < 4.78 is 6.71. The fourth-order valence-corrected chi connectivity index (χ4v) is 2.19. The highest BCUT2D eigenvalue weighted by Gasteiger charge is 2.33. The molecule has 0 fully saturated rings. The highest BCUT2D eigenvalue weighted by Crippen LogP contribution is 2.34. The van der Waals surface area contributed by atoms with Crippen LogP contribution in [0.15, 0.2) is 6.20 Å². The van der Waals surface area contributed by atoms with Gasteiger partial charge in [0.1, 0.15) is 5.82 Å². The van der Waals surface area contributed by atoms with Crippen molar-refractivity contribution in [3.8, 4) is 0 Å². The van der Waals surface area contributed by atoms with E-state index >= 15 is 0 Å². The number of fused-ring (bicyclic) bond motifs is 1. The average molecular weight is 223 g/mol. The van der Waals surface area contributed by atoms with E-state index in [1.54, 1.807) is 6.20 Å². The zero-order valence-electron chi connectivity index (χ0n) is 9.86. The summed E-state index contributed by atoms with van der Waals surface area (Å²) in [6.45, 7) is 4.89. The lowest BCUT2D eigenvalue weighted by Crippen LogP contribution is -2.30. The number of anilines is 1. The lowest BCUT2D eigenvalue weighted by atomic mass is 9.91. The number of methoxy groups -OCH3 is 1. The highest BCUT2D eigenvalue weighted by atomic mass is 16.5. The summed E-state index contributed by atoms with van der Waals surface area (Å²) in [4.78, 5) is 11.7. The topological polar surface area (TPSA) is 56.2 Å². The molecule has 0 spiro atoms. The van der Waals surface area contributed by atoms with Gasteiger partial charge in [0, 0.05) is 18.2 Å². The predicted molar refractivity (Wildman–Crippen MR) is 60.4 cm³/mol. The maximum absolute atomic E-state index is 11.7. The van der Waals surface area contributed by atoms with Crippen LogP contribution in [0.1, 0.15) is 31.7 Å². The maximum atomic E-state index is 11.7. The van der Waals surface area contributed by atoms with Crippen molar-refractivity contribution in [2.75, 3.05) is 12.4 Å². The predicted octanol–water partition coefficient (Wildman–Crippen LogP) is 1.36. The van der Waals surface area contributed by atoms with Crippen LogP contribution in [0.3, 0.4) is 0 Å². The van der Waals surface area contributed by atoms with Gasteiger partial charge in [0.05, 0.1) is 19.2 Å². The summed E-state index contributed by atoms with van der Waals surface area (Å²) in [5.74, 6) is 0.596. The summed E-state index contributed by atoms with van der Waals surface area (Å²) in [7, 11) is 1.43. The molecule has 2 rings (SSSR count). The van der Waals surface area contributed by atoms with E-state index in [0.29, 0.717) is 0 Å². The van der Waals surface area contributed by atoms with Crippen LogP contribution in [0.25, 0.3) is 0 Å². The fraction of sp³-hybridized carbons (Fsp3) is 0.636. The van der Waals surface area contributed by atoms with Gasteiger partial charge >= 0.3 is 5.97 Å². The Bertz CT molecular complexity index is 400. The first-order valence-corrected chi connectivity index (χ1v) is 5.57. The number of carbonyl (C=O) groups excluding carboxylic acids is 1. The van der Waals surface area contributed by atoms with E-state index in [0.717, 1.165) is 24.3 Å². The molecule has 0 saturated carbocycles. The summed E-state index contributed by atoms with van der Waals surface area (Å²) in [6.07, 6.45) is 2.52. The van der Waals surface area contributed by atoms with E-state index in [2.05, 4.69) is 17.3 Å². The molecule has 0 saturated heterocycles. The third kappa shape index (κ3) is 1.66. The normalized spacial score (nSPS) is 23.4. The average Bonchev–Trinajstić information content (AvgIpc) is 2.69. The minimum absolute atomic E-state index is 0.176. The summed E-state index contributed by atoms with van der Waals surface area (Å²) in [5, 5.41) is 7.63. The van der Waals surface area contributed by atoms with E-state index < -0.39 is 0 Å². The van der Waals surface area contributed by atoms with Crippen LogP contribution in [-0.2, 0) is 16.1 Å². The van der Waals surface area contributed by atoms with Gasteiger partial charge in [-0.15, -0.1) is 0 Å². The molecule has 0 aromatic carbocycles. The molecule has 0 radical (unpaired) electrons. The lowest BCUT2D eigenvalue weighted by Gasteiger charge is -2.27. The number of aromatic nitrogens is 2. The van der Waals surface area contributed by atoms with Crippen molar-refractivity contribution in [3.63, 3.8) is 0 Å². The summed E-state index contributed by atoms with van der Waals surface area (Å²) in [5.41, 5.74) is 0.951. The molecule has 1 aromatic heterocycles. The fourth-order valence-electron chi connectivity index (χ4n) is 2.19. The van der Waals surface area contributed by atoms with Gasteiger partial charge in [-0.3, -0.25) is 4.79 Å². The molecule has 88 valence electrons. The van der Waals surface area contributed by atoms with E-state index in [1.165, 1.54) is 7.11 Å². The zero-order chi connectivity index (χ0) is 11.7. The molecule has 2 atom stereocenters. The molecule has 0 amide bonds. The lowest BCUT2D eigenvalue weighted by molar-refractivity contribution is -0.142. The molecule has 1 aliphatic rings. The molecule has 5 nitrogen and oxygen atoms in total. The number of esters is 1. The van der Waals surface area contributed by atoms with Crippen molar-refractivity contribution in [2.45, 2.75) is 38.8 Å². The van der Waals surface area contributed by atoms with Gasteiger partial charge in [0.25, 0.3) is 0 Å². The second-order valence-electron chi connectivity index (χ2n) is 4.12. The Kier molecular flexibility index (Phi) is 2.85. The Hall–Kier alpha value is -1.52. The second kappa shape index (κ2) is 4.15. The molecular weight excluding hydrogens is 206 g/mol. The minimum atomic E-state index is -0.184. The van der Waals surface area contributed by atoms with Crippen LogP contribution < -0.4 is 5.32 Å². The first kappa shape index (κ1) is 11.0. The van der Waals surface area contributed by atoms with Gasteiger partial charge in [0.2, 0.25) is 0 Å². The van der Waals surface area contributed by atoms with Crippen molar-refractivity contribution in [2.24, 2.45) is 0 Å². The highest BCUT2D eigenvalue weighted by molar-refractivity contribution is 5.81. The van der Waals surface area contributed by atoms with Gasteiger partial charge < -0.3 is 10.1 Å². The number of nitrogens with one attached hydrogen (secondary N) is 1. The Labute approximate surface area is 94.8 Å². The first-order chi connectivity index (χ1) is 7.67. The number of rotatable bonds is 2. The smallest absolute Gasteiger partial charge is 0.313 e. The number of carbonyl (C=O) groups is 1. The van der Waals surface area contributed by atoms with Gasteiger partial charge in [-0.1, -0.05) is 0 Å². The van der Waals surface area contributed by atoms with E-state index in [-0.39, 0.29) is 17.9 Å². The summed E-state index contributed by atoms with van der Waals surface area (Å²) >= 11 is 0. The molecule has 5 heteroatoms. The molecule has 0 bridgehead atoms. The van der Waals surface area contributed by atoms with Crippen molar-refractivity contribution < 1.29 is 9.53 Å². The van der Waals surface area contributed by atoms with E-state index in [9.17, 15) is 4.79 Å². The molecule has 1 aliphatic heterocycles. The van der Waals surface area contributed by atoms with Crippen molar-refractivity contribution in [1.82, 2.24) is 9.78 Å². The Morgan fingerprint density at radius 3 is 3.12 bits per heavy atom. The van der Waals surface area contributed by atoms with E-state index in [1.807, 2.05) is 11.6 Å². The maximum Gasteiger partial charge on any atom is 0.313 e. The molecule has 2 heterocycles. The van der Waals surface area contributed by atoms with Crippen molar-refractivity contribution in [3.05, 3.63) is 11.8 Å². The Morgan fingerprint density at radius 2 is 2.50 bits per heavy atom. The zero-order valence-corrected chi connectivity index (χ0v) is 9.86. The third-order valence-electron chi connectivity index (χ3n) is 3.00. The largest absolute Gasteiger partial charge is 0.469 e. The molecule has 2 unspecified atom stereocenters. The number of aryl methyl sites for hydroxylation is 1. The SMILES string of the molecule is CCn1ncc2c1NC(C)CC2C(=O)OC. The number of nitrogens with zero attached hydrogens (tertiary/aromatic N) is 2. The Morgan fingerprint density at radius 1 is 1.75 bits per heavy atom. The van der Waals surface area contributed by atoms with Gasteiger partial charge in [-0.2, -0.15) is 5.10 Å². The van der Waals surface area contributed by atoms with Gasteiger partial charge in [-0.05, 0) is 20.3 Å². The standard InChI is InChI=1S/C11H17N3O2/c1-4-14-10-9(6-12-14)8(11(15)16-3)5-7(2)13-10/h6-8,13H,4-5H2,1-3H3. The Balaban J connectivity index is 2.39. The monoisotopic (exact) mass is 223 g/mol. The van der Waals surface area contributed by atoms with E-state index in [4.69, 9.17) is 4.74 Å². The molecule has 0 aliphatic carbocycles. The number of hydrogen-bond acceptors (Lipinski definition) is 4. The van der Waals surface area contributed by atoms with Crippen LogP contribution in [0, 0.1) is 0 Å². The number of hydrogen-bond donors (Lipinski definition) is 1. The number of ether oxygens (including phenoxy) is 1. The van der Waals surface area contributed by atoms with Crippen molar-refractivity contribution >= 4 is 11.8 Å². The molecule has 1 aromatic rings. The van der Waals surface area contributed by atoms with Crippen LogP contribution in [0.4, 0.5) is 5.82 Å². The second-order valence-corrected chi connectivity index (χ2v) is 4.12. The van der Waals surface area contributed by atoms with Crippen LogP contribution in [0.2, 0.25) is 0 Å². The summed E-state index contributed by atoms with van der Waals surface area (Å²) in [6, 6.07) is 0.263. The molecular formula is C11H17N3O2. The quantitative estimate of drug-likeness (QED) is 0.769.